The summed E-state index contributed by atoms with van der Waals surface area (Å²) in [5.41, 5.74) is 3.01. The van der Waals surface area contributed by atoms with Crippen molar-refractivity contribution in [2.75, 3.05) is 37.4 Å². The summed E-state index contributed by atoms with van der Waals surface area (Å²) in [5, 5.41) is 23.2. The molecule has 0 spiro atoms. The first-order valence-corrected chi connectivity index (χ1v) is 21.7. The number of carboxylic acid groups (broad SMARTS) is 1. The number of hydrogen-bond donors (Lipinski definition) is 6. The van der Waals surface area contributed by atoms with Crippen LogP contribution in [0, 0.1) is 17.3 Å². The third-order valence-electron chi connectivity index (χ3n) is 11.4. The van der Waals surface area contributed by atoms with Crippen LogP contribution in [0.3, 0.4) is 0 Å². The van der Waals surface area contributed by atoms with Crippen molar-refractivity contribution in [3.8, 4) is 11.8 Å². The Hall–Kier alpha value is -6.79. The summed E-state index contributed by atoms with van der Waals surface area (Å²) < 4.78 is 0. The Labute approximate surface area is 382 Å². The van der Waals surface area contributed by atoms with Crippen LogP contribution in [0.15, 0.2) is 84.4 Å². The average Bonchev–Trinajstić information content (AvgIpc) is 3.25. The van der Waals surface area contributed by atoms with E-state index in [4.69, 9.17) is 0 Å². The highest BCUT2D eigenvalue weighted by molar-refractivity contribution is 5.98. The Morgan fingerprint density at radius 1 is 0.815 bits per heavy atom. The Morgan fingerprint density at radius 2 is 1.46 bits per heavy atom. The number of fused-ring (bicyclic) bond motifs is 2. The quantitative estimate of drug-likeness (QED) is 0.0563. The van der Waals surface area contributed by atoms with Crippen LogP contribution in [0.25, 0.3) is 0 Å². The molecule has 0 aliphatic carbocycles. The normalized spacial score (nSPS) is 13.7. The van der Waals surface area contributed by atoms with Crippen LogP contribution in [0.1, 0.15) is 96.4 Å². The van der Waals surface area contributed by atoms with E-state index in [0.717, 1.165) is 22.4 Å². The summed E-state index contributed by atoms with van der Waals surface area (Å²) in [7, 11) is 3.19. The number of anilines is 2. The van der Waals surface area contributed by atoms with E-state index >= 15 is 0 Å². The molecule has 1 heterocycles. The van der Waals surface area contributed by atoms with E-state index in [1.165, 1.54) is 24.8 Å². The molecule has 1 aliphatic heterocycles. The van der Waals surface area contributed by atoms with E-state index in [-0.39, 0.29) is 49.2 Å². The topological polar surface area (TPSA) is 206 Å². The minimum Gasteiger partial charge on any atom is -0.478 e. The molecular weight excluding hydrogens is 827 g/mol. The molecule has 4 rings (SSSR count). The van der Waals surface area contributed by atoms with Crippen LogP contribution in [0.5, 0.6) is 0 Å². The molecular formula is C50H63N7O8. The Bertz CT molecular complexity index is 2360. The Balaban J connectivity index is 1.26. The zero-order chi connectivity index (χ0) is 48.1. The van der Waals surface area contributed by atoms with Gasteiger partial charge in [-0.05, 0) is 80.6 Å². The maximum absolute atomic E-state index is 13.9. The molecule has 0 radical (unpaired) electrons. The Morgan fingerprint density at radius 3 is 2.14 bits per heavy atom. The lowest BCUT2D eigenvalue weighted by atomic mass is 9.76. The largest absolute Gasteiger partial charge is 0.478 e. The van der Waals surface area contributed by atoms with E-state index in [0.29, 0.717) is 30.6 Å². The Kier molecular flexibility index (Phi) is 17.8. The lowest BCUT2D eigenvalue weighted by Gasteiger charge is -2.38. The maximum Gasteiger partial charge on any atom is 0.331 e. The molecule has 0 aromatic heterocycles. The predicted octanol–water partition coefficient (Wildman–Crippen LogP) is 4.64. The van der Waals surface area contributed by atoms with Crippen molar-refractivity contribution in [2.45, 2.75) is 104 Å². The summed E-state index contributed by atoms with van der Waals surface area (Å²) in [5.74, 6) is 3.01. The number of aliphatic carboxylic acids is 1. The number of rotatable bonds is 19. The molecule has 6 N–H and O–H groups in total. The number of unbranched alkanes of at least 4 members (excludes halogenated alkanes) is 1. The number of carbonyl (C=O) groups excluding carboxylic acids is 6. The van der Waals surface area contributed by atoms with Gasteiger partial charge in [0.1, 0.15) is 12.1 Å². The second-order valence-electron chi connectivity index (χ2n) is 17.9. The fraction of sp³-hybridized carbons (Fsp3) is 0.420. The number of nitrogens with one attached hydrogen (secondary N) is 5. The third-order valence-corrected chi connectivity index (χ3v) is 11.4. The number of carbonyl (C=O) groups is 7. The molecule has 65 heavy (non-hydrogen) atoms. The van der Waals surface area contributed by atoms with Crippen molar-refractivity contribution in [3.05, 3.63) is 107 Å². The van der Waals surface area contributed by atoms with Crippen LogP contribution in [-0.2, 0) is 45.5 Å². The van der Waals surface area contributed by atoms with Crippen LogP contribution in [-0.4, -0.2) is 96.7 Å². The number of nitrogens with zero attached hydrogens (tertiary/aromatic N) is 2. The molecule has 3 unspecified atom stereocenters. The molecule has 0 saturated heterocycles. The van der Waals surface area contributed by atoms with Gasteiger partial charge in [-0.2, -0.15) is 0 Å². The predicted molar refractivity (Wildman–Crippen MR) is 250 cm³/mol. The molecule has 0 bridgehead atoms. The van der Waals surface area contributed by atoms with Gasteiger partial charge in [-0.3, -0.25) is 28.8 Å². The highest BCUT2D eigenvalue weighted by Gasteiger charge is 2.41. The molecule has 0 saturated carbocycles. The minimum absolute atomic E-state index is 0.0490. The first kappa shape index (κ1) is 50.9. The van der Waals surface area contributed by atoms with Crippen molar-refractivity contribution in [1.29, 1.82) is 0 Å². The number of likely N-dealkylation sites (N-methyl/N-ethyl adjacent to an activating group) is 2. The van der Waals surface area contributed by atoms with E-state index < -0.39 is 52.6 Å². The van der Waals surface area contributed by atoms with Gasteiger partial charge in [-0.15, -0.1) is 0 Å². The third kappa shape index (κ3) is 14.1. The number of para-hydroxylation sites is 1. The monoisotopic (exact) mass is 889 g/mol. The molecule has 15 nitrogen and oxygen atoms in total. The molecule has 1 aliphatic rings. The first-order valence-electron chi connectivity index (χ1n) is 21.7. The van der Waals surface area contributed by atoms with Gasteiger partial charge >= 0.3 is 5.97 Å². The second-order valence-corrected chi connectivity index (χ2v) is 17.9. The van der Waals surface area contributed by atoms with Crippen molar-refractivity contribution >= 4 is 52.8 Å². The molecule has 6 amide bonds. The number of hydrogen-bond acceptors (Lipinski definition) is 8. The summed E-state index contributed by atoms with van der Waals surface area (Å²) >= 11 is 0. The fourth-order valence-electron chi connectivity index (χ4n) is 7.31. The van der Waals surface area contributed by atoms with Crippen LogP contribution in [0.4, 0.5) is 11.4 Å². The first-order chi connectivity index (χ1) is 30.6. The smallest absolute Gasteiger partial charge is 0.331 e. The summed E-state index contributed by atoms with van der Waals surface area (Å²) in [6.45, 7) is 12.3. The van der Waals surface area contributed by atoms with E-state index in [2.05, 4.69) is 38.4 Å². The number of benzene rings is 3. The van der Waals surface area contributed by atoms with Crippen LogP contribution < -0.4 is 31.5 Å². The van der Waals surface area contributed by atoms with Gasteiger partial charge in [0.25, 0.3) is 0 Å². The highest BCUT2D eigenvalue weighted by atomic mass is 16.4. The van der Waals surface area contributed by atoms with Crippen molar-refractivity contribution in [2.24, 2.45) is 5.41 Å². The van der Waals surface area contributed by atoms with E-state index in [9.17, 15) is 38.7 Å². The number of amides is 6. The van der Waals surface area contributed by atoms with Gasteiger partial charge in [-0.25, -0.2) is 4.79 Å². The maximum atomic E-state index is 13.9. The van der Waals surface area contributed by atoms with Crippen LogP contribution >= 0.6 is 0 Å². The molecule has 0 fully saturated rings. The van der Waals surface area contributed by atoms with Gasteiger partial charge in [0.2, 0.25) is 35.4 Å². The van der Waals surface area contributed by atoms with E-state index in [1.54, 1.807) is 37.2 Å². The summed E-state index contributed by atoms with van der Waals surface area (Å²) in [6.07, 6.45) is 2.68. The average molecular weight is 890 g/mol. The lowest BCUT2D eigenvalue weighted by Crippen LogP contribution is -2.60. The zero-order valence-corrected chi connectivity index (χ0v) is 38.9. The molecule has 346 valence electrons. The van der Waals surface area contributed by atoms with Crippen molar-refractivity contribution in [1.82, 2.24) is 26.2 Å². The lowest BCUT2D eigenvalue weighted by molar-refractivity contribution is -0.139. The van der Waals surface area contributed by atoms with Crippen LogP contribution in [0.2, 0.25) is 0 Å². The van der Waals surface area contributed by atoms with Gasteiger partial charge in [0, 0.05) is 54.2 Å². The standard InChI is InChI=1S/C50H63N7O8/c1-32(48(64)65)27-28-56(9)47(63)44(49(3,4)5)55-46(62)43(51-8)50(6,7)37-20-16-21-38(29-37)54-45(61)33(2)53-41(59)30-52-40(58)23-14-15-24-42(60)57-31-36-19-11-10-17-34(36)25-26-35-18-12-13-22-39(35)57/h10-13,16-22,27,29,33,43-44,51H,14-15,23-24,28,30-31H2,1-9H3,(H,52,58)(H,53,59)(H,54,61)(H,55,62)(H,64,65)/b32-27+. The molecule has 3 aromatic carbocycles. The molecule has 3 aromatic rings. The van der Waals surface area contributed by atoms with Gasteiger partial charge in [0.05, 0.1) is 24.8 Å². The van der Waals surface area contributed by atoms with Crippen molar-refractivity contribution < 1.29 is 38.7 Å². The molecule has 15 heteroatoms. The van der Waals surface area contributed by atoms with Crippen molar-refractivity contribution in [3.63, 3.8) is 0 Å². The SMILES string of the molecule is CNC(C(=O)NC(C(=O)N(C)C/C=C(\C)C(=O)O)C(C)(C)C)C(C)(C)c1cccc(NC(=O)C(C)NC(=O)CNC(=O)CCCCC(=O)N2Cc3ccccc3C#Cc3ccccc32)c1. The number of carboxylic acids is 1. The second kappa shape index (κ2) is 22.7. The van der Waals surface area contributed by atoms with Gasteiger partial charge < -0.3 is 41.5 Å². The highest BCUT2D eigenvalue weighted by Crippen LogP contribution is 2.31. The van der Waals surface area contributed by atoms with Gasteiger partial charge in [0.15, 0.2) is 0 Å². The zero-order valence-electron chi connectivity index (χ0n) is 38.9. The fourth-order valence-corrected chi connectivity index (χ4v) is 7.31. The van der Waals surface area contributed by atoms with E-state index in [1.807, 2.05) is 89.2 Å². The minimum atomic E-state index is -1.08. The summed E-state index contributed by atoms with van der Waals surface area (Å²) in [6, 6.07) is 19.5. The summed E-state index contributed by atoms with van der Waals surface area (Å²) in [4.78, 5) is 93.9. The van der Waals surface area contributed by atoms with Gasteiger partial charge in [-0.1, -0.05) is 95.0 Å². The molecule has 3 atom stereocenters.